The molecule has 0 aliphatic heterocycles. The van der Waals surface area contributed by atoms with Crippen LogP contribution >= 0.6 is 0 Å². The predicted octanol–water partition coefficient (Wildman–Crippen LogP) is 1.94. The molecule has 1 aromatic heterocycles. The summed E-state index contributed by atoms with van der Waals surface area (Å²) in [5, 5.41) is 6.61. The van der Waals surface area contributed by atoms with E-state index in [1.165, 1.54) is 0 Å². The van der Waals surface area contributed by atoms with E-state index in [1.807, 2.05) is 0 Å². The molecule has 1 aliphatic rings. The van der Waals surface area contributed by atoms with Gasteiger partial charge in [-0.15, -0.1) is 0 Å². The Kier molecular flexibility index (Phi) is 2.75. The molecule has 4 nitrogen and oxygen atoms in total. The van der Waals surface area contributed by atoms with Crippen molar-refractivity contribution in [1.29, 1.82) is 0 Å². The standard InChI is InChI=1S/C11H16N2O2/c1-7(2)5-12-11(14)10-9(6-15-13-10)8-3-4-8/h6-8H,3-5H2,1-2H3,(H,12,14). The number of amides is 1. The van der Waals surface area contributed by atoms with Gasteiger partial charge in [0.2, 0.25) is 0 Å². The lowest BCUT2D eigenvalue weighted by molar-refractivity contribution is 0.0939. The van der Waals surface area contributed by atoms with Crippen molar-refractivity contribution in [3.05, 3.63) is 17.5 Å². The van der Waals surface area contributed by atoms with E-state index >= 15 is 0 Å². The van der Waals surface area contributed by atoms with Gasteiger partial charge in [-0.3, -0.25) is 4.79 Å². The molecule has 82 valence electrons. The van der Waals surface area contributed by atoms with Gasteiger partial charge in [-0.05, 0) is 24.7 Å². The molecule has 0 bridgehead atoms. The average Bonchev–Trinajstić information content (AvgIpc) is 2.93. The van der Waals surface area contributed by atoms with E-state index < -0.39 is 0 Å². The Morgan fingerprint density at radius 1 is 1.67 bits per heavy atom. The van der Waals surface area contributed by atoms with Crippen LogP contribution in [0, 0.1) is 5.92 Å². The Morgan fingerprint density at radius 3 is 3.00 bits per heavy atom. The lowest BCUT2D eigenvalue weighted by atomic mass is 10.1. The lowest BCUT2D eigenvalue weighted by Gasteiger charge is -2.06. The van der Waals surface area contributed by atoms with Crippen LogP contribution in [-0.2, 0) is 0 Å². The molecule has 1 saturated carbocycles. The molecular weight excluding hydrogens is 192 g/mol. The van der Waals surface area contributed by atoms with Gasteiger partial charge in [0.25, 0.3) is 5.91 Å². The average molecular weight is 208 g/mol. The summed E-state index contributed by atoms with van der Waals surface area (Å²) >= 11 is 0. The Morgan fingerprint density at radius 2 is 2.40 bits per heavy atom. The van der Waals surface area contributed by atoms with Crippen molar-refractivity contribution in [2.45, 2.75) is 32.6 Å². The second-order valence-electron chi connectivity index (χ2n) is 4.50. The third-order valence-electron chi connectivity index (χ3n) is 2.50. The summed E-state index contributed by atoms with van der Waals surface area (Å²) in [6.07, 6.45) is 3.89. The molecule has 1 heterocycles. The van der Waals surface area contributed by atoms with Crippen LogP contribution in [0.4, 0.5) is 0 Å². The monoisotopic (exact) mass is 208 g/mol. The Labute approximate surface area is 89.0 Å². The van der Waals surface area contributed by atoms with E-state index in [-0.39, 0.29) is 5.91 Å². The second-order valence-corrected chi connectivity index (χ2v) is 4.50. The first-order chi connectivity index (χ1) is 7.18. The van der Waals surface area contributed by atoms with Gasteiger partial charge in [0.1, 0.15) is 6.26 Å². The number of nitrogens with zero attached hydrogens (tertiary/aromatic N) is 1. The van der Waals surface area contributed by atoms with Crippen molar-refractivity contribution in [3.8, 4) is 0 Å². The van der Waals surface area contributed by atoms with E-state index in [0.717, 1.165) is 18.4 Å². The SMILES string of the molecule is CC(C)CNC(=O)c1nocc1C1CC1. The highest BCUT2D eigenvalue weighted by Crippen LogP contribution is 2.41. The third kappa shape index (κ3) is 2.37. The Hall–Kier alpha value is -1.32. The van der Waals surface area contributed by atoms with E-state index in [0.29, 0.717) is 24.1 Å². The van der Waals surface area contributed by atoms with Crippen molar-refractivity contribution in [2.24, 2.45) is 5.92 Å². The van der Waals surface area contributed by atoms with E-state index in [9.17, 15) is 4.79 Å². The van der Waals surface area contributed by atoms with Gasteiger partial charge in [0, 0.05) is 12.1 Å². The first-order valence-corrected chi connectivity index (χ1v) is 5.41. The van der Waals surface area contributed by atoms with Crippen molar-refractivity contribution >= 4 is 5.91 Å². The summed E-state index contributed by atoms with van der Waals surface area (Å²) in [6, 6.07) is 0. The molecule has 1 aliphatic carbocycles. The number of rotatable bonds is 4. The van der Waals surface area contributed by atoms with E-state index in [1.54, 1.807) is 6.26 Å². The largest absolute Gasteiger partial charge is 0.364 e. The minimum absolute atomic E-state index is 0.112. The van der Waals surface area contributed by atoms with Crippen molar-refractivity contribution in [1.82, 2.24) is 10.5 Å². The minimum atomic E-state index is -0.112. The zero-order valence-electron chi connectivity index (χ0n) is 9.12. The maximum absolute atomic E-state index is 11.7. The number of carbonyl (C=O) groups is 1. The highest BCUT2D eigenvalue weighted by molar-refractivity contribution is 5.93. The van der Waals surface area contributed by atoms with Crippen molar-refractivity contribution in [2.75, 3.05) is 6.54 Å². The van der Waals surface area contributed by atoms with Crippen LogP contribution in [0.1, 0.15) is 48.7 Å². The van der Waals surface area contributed by atoms with Crippen LogP contribution in [0.15, 0.2) is 10.8 Å². The number of aromatic nitrogens is 1. The lowest BCUT2D eigenvalue weighted by Crippen LogP contribution is -2.28. The highest BCUT2D eigenvalue weighted by atomic mass is 16.5. The fraction of sp³-hybridized carbons (Fsp3) is 0.636. The summed E-state index contributed by atoms with van der Waals surface area (Å²) in [5.41, 5.74) is 1.44. The van der Waals surface area contributed by atoms with Gasteiger partial charge < -0.3 is 9.84 Å². The summed E-state index contributed by atoms with van der Waals surface area (Å²) in [6.45, 7) is 4.80. The third-order valence-corrected chi connectivity index (χ3v) is 2.50. The van der Waals surface area contributed by atoms with Gasteiger partial charge in [0.05, 0.1) is 0 Å². The van der Waals surface area contributed by atoms with Gasteiger partial charge >= 0.3 is 0 Å². The molecule has 4 heteroatoms. The fourth-order valence-corrected chi connectivity index (χ4v) is 1.48. The van der Waals surface area contributed by atoms with Gasteiger partial charge in [-0.1, -0.05) is 19.0 Å². The molecule has 1 N–H and O–H groups in total. The molecule has 0 aromatic carbocycles. The van der Waals surface area contributed by atoms with E-state index in [2.05, 4.69) is 24.3 Å². The van der Waals surface area contributed by atoms with Gasteiger partial charge in [-0.25, -0.2) is 0 Å². The Bertz CT molecular complexity index is 353. The van der Waals surface area contributed by atoms with Crippen LogP contribution in [0.5, 0.6) is 0 Å². The number of nitrogens with one attached hydrogen (secondary N) is 1. The number of carbonyl (C=O) groups excluding carboxylic acids is 1. The zero-order valence-corrected chi connectivity index (χ0v) is 9.12. The first kappa shape index (κ1) is 10.2. The van der Waals surface area contributed by atoms with Gasteiger partial charge in [-0.2, -0.15) is 0 Å². The first-order valence-electron chi connectivity index (χ1n) is 5.41. The molecule has 0 spiro atoms. The molecule has 2 rings (SSSR count). The van der Waals surface area contributed by atoms with Crippen molar-refractivity contribution in [3.63, 3.8) is 0 Å². The van der Waals surface area contributed by atoms with Gasteiger partial charge in [0.15, 0.2) is 5.69 Å². The maximum atomic E-state index is 11.7. The molecule has 1 amide bonds. The smallest absolute Gasteiger partial charge is 0.273 e. The zero-order chi connectivity index (χ0) is 10.8. The van der Waals surface area contributed by atoms with Crippen LogP contribution in [0.2, 0.25) is 0 Å². The maximum Gasteiger partial charge on any atom is 0.273 e. The van der Waals surface area contributed by atoms with Crippen LogP contribution in [0.25, 0.3) is 0 Å². The quantitative estimate of drug-likeness (QED) is 0.822. The number of hydrogen-bond donors (Lipinski definition) is 1. The summed E-state index contributed by atoms with van der Waals surface area (Å²) in [5.74, 6) is 0.834. The minimum Gasteiger partial charge on any atom is -0.364 e. The van der Waals surface area contributed by atoms with Crippen molar-refractivity contribution < 1.29 is 9.32 Å². The second kappa shape index (κ2) is 4.04. The highest BCUT2D eigenvalue weighted by Gasteiger charge is 2.30. The summed E-state index contributed by atoms with van der Waals surface area (Å²) < 4.78 is 4.86. The number of hydrogen-bond acceptors (Lipinski definition) is 3. The van der Waals surface area contributed by atoms with Crippen LogP contribution < -0.4 is 5.32 Å². The summed E-state index contributed by atoms with van der Waals surface area (Å²) in [4.78, 5) is 11.7. The van der Waals surface area contributed by atoms with E-state index in [4.69, 9.17) is 4.52 Å². The predicted molar refractivity (Wildman–Crippen MR) is 55.6 cm³/mol. The molecule has 0 saturated heterocycles. The molecule has 1 aromatic rings. The fourth-order valence-electron chi connectivity index (χ4n) is 1.48. The molecule has 0 atom stereocenters. The van der Waals surface area contributed by atoms with Crippen LogP contribution in [-0.4, -0.2) is 17.6 Å². The summed E-state index contributed by atoms with van der Waals surface area (Å²) in [7, 11) is 0. The molecule has 0 unspecified atom stereocenters. The molecule has 1 fully saturated rings. The molecular formula is C11H16N2O2. The molecule has 15 heavy (non-hydrogen) atoms. The normalized spacial score (nSPS) is 15.7. The molecule has 0 radical (unpaired) electrons. The topological polar surface area (TPSA) is 55.1 Å². The van der Waals surface area contributed by atoms with Crippen LogP contribution in [0.3, 0.4) is 0 Å². The Balaban J connectivity index is 2.01.